The van der Waals surface area contributed by atoms with E-state index in [0.29, 0.717) is 6.42 Å². The van der Waals surface area contributed by atoms with Gasteiger partial charge in [0.05, 0.1) is 16.4 Å². The topological polar surface area (TPSA) is 127 Å². The third kappa shape index (κ3) is 6.02. The van der Waals surface area contributed by atoms with Gasteiger partial charge in [0.15, 0.2) is 15.9 Å². The van der Waals surface area contributed by atoms with Gasteiger partial charge in [-0.2, -0.15) is 4.72 Å². The van der Waals surface area contributed by atoms with Gasteiger partial charge in [0.25, 0.3) is 5.91 Å². The van der Waals surface area contributed by atoms with E-state index in [9.17, 15) is 26.4 Å². The van der Waals surface area contributed by atoms with Crippen molar-refractivity contribution < 1.29 is 31.2 Å². The van der Waals surface area contributed by atoms with E-state index >= 15 is 0 Å². The third-order valence-corrected chi connectivity index (χ3v) is 8.21. The zero-order valence-electron chi connectivity index (χ0n) is 17.4. The Morgan fingerprint density at radius 3 is 2.27 bits per heavy atom. The van der Waals surface area contributed by atoms with Crippen molar-refractivity contribution in [3.05, 3.63) is 30.3 Å². The molecule has 1 aliphatic rings. The van der Waals surface area contributed by atoms with Crippen molar-refractivity contribution in [2.75, 3.05) is 18.6 Å². The van der Waals surface area contributed by atoms with Crippen LogP contribution in [0.25, 0.3) is 0 Å². The van der Waals surface area contributed by atoms with Crippen molar-refractivity contribution in [1.29, 1.82) is 0 Å². The van der Waals surface area contributed by atoms with Gasteiger partial charge in [0.1, 0.15) is 6.04 Å². The molecule has 0 saturated carbocycles. The largest absolute Gasteiger partial charge is 0.451 e. The van der Waals surface area contributed by atoms with Gasteiger partial charge in [-0.25, -0.2) is 16.8 Å². The number of sulfone groups is 1. The number of esters is 1. The van der Waals surface area contributed by atoms with Crippen LogP contribution in [0.3, 0.4) is 0 Å². The molecule has 1 fully saturated rings. The van der Waals surface area contributed by atoms with Gasteiger partial charge >= 0.3 is 5.97 Å². The van der Waals surface area contributed by atoms with Crippen molar-refractivity contribution in [2.24, 2.45) is 5.92 Å². The van der Waals surface area contributed by atoms with E-state index in [-0.39, 0.29) is 16.4 Å². The van der Waals surface area contributed by atoms with Crippen LogP contribution in [0.15, 0.2) is 35.2 Å². The Balaban J connectivity index is 2.06. The summed E-state index contributed by atoms with van der Waals surface area (Å²) in [5.74, 6) is -1.96. The summed E-state index contributed by atoms with van der Waals surface area (Å²) < 4.78 is 56.0. The second kappa shape index (κ2) is 9.44. The average molecular weight is 461 g/mol. The lowest BCUT2D eigenvalue weighted by molar-refractivity contribution is -0.161. The van der Waals surface area contributed by atoms with Crippen LogP contribution < -0.4 is 4.72 Å². The summed E-state index contributed by atoms with van der Waals surface area (Å²) in [6, 6.07) is 5.95. The molecule has 0 unspecified atom stereocenters. The molecule has 0 radical (unpaired) electrons. The Bertz CT molecular complexity index is 975. The quantitative estimate of drug-likeness (QED) is 0.562. The number of hydrogen-bond acceptors (Lipinski definition) is 7. The van der Waals surface area contributed by atoms with Crippen molar-refractivity contribution >= 4 is 31.7 Å². The standard InChI is InChI=1S/C19H28N2O7S2/c1-13(2)17(20-30(26,27)16-8-6-5-7-9-16)19(23)28-14(3)18(22)21(4)15-10-11-29(24,25)12-15/h5-9,13-15,17,20H,10-12H2,1-4H3/t14-,15-,17-/m0/s1. The molecule has 2 rings (SSSR count). The molecule has 11 heteroatoms. The van der Waals surface area contributed by atoms with Gasteiger partial charge < -0.3 is 9.64 Å². The highest BCUT2D eigenvalue weighted by atomic mass is 32.2. The first-order valence-corrected chi connectivity index (χ1v) is 12.9. The van der Waals surface area contributed by atoms with Crippen molar-refractivity contribution in [3.63, 3.8) is 0 Å². The zero-order chi connectivity index (χ0) is 22.7. The average Bonchev–Trinajstić information content (AvgIpc) is 3.05. The maximum atomic E-state index is 12.6. The van der Waals surface area contributed by atoms with E-state index in [2.05, 4.69) is 4.72 Å². The predicted octanol–water partition coefficient (Wildman–Crippen LogP) is 0.567. The minimum atomic E-state index is -3.96. The van der Waals surface area contributed by atoms with E-state index in [0.717, 1.165) is 0 Å². The lowest BCUT2D eigenvalue weighted by atomic mass is 10.1. The van der Waals surface area contributed by atoms with Crippen molar-refractivity contribution in [2.45, 2.75) is 50.3 Å². The summed E-state index contributed by atoms with van der Waals surface area (Å²) in [5.41, 5.74) is 0. The molecule has 1 amide bonds. The third-order valence-electron chi connectivity index (χ3n) is 5.00. The molecule has 1 aromatic carbocycles. The number of ether oxygens (including phenoxy) is 1. The Morgan fingerprint density at radius 1 is 1.17 bits per heavy atom. The maximum Gasteiger partial charge on any atom is 0.325 e. The normalized spacial score (nSPS) is 20.5. The molecule has 0 aliphatic carbocycles. The molecule has 1 aromatic rings. The van der Waals surface area contributed by atoms with Crippen LogP contribution in [0.5, 0.6) is 0 Å². The van der Waals surface area contributed by atoms with Crippen LogP contribution in [0.1, 0.15) is 27.2 Å². The second-order valence-electron chi connectivity index (χ2n) is 7.74. The van der Waals surface area contributed by atoms with E-state index in [1.807, 2.05) is 0 Å². The fourth-order valence-electron chi connectivity index (χ4n) is 3.14. The number of nitrogens with one attached hydrogen (secondary N) is 1. The molecule has 0 aromatic heterocycles. The molecule has 168 valence electrons. The van der Waals surface area contributed by atoms with Crippen LogP contribution >= 0.6 is 0 Å². The Morgan fingerprint density at radius 2 is 1.77 bits per heavy atom. The highest BCUT2D eigenvalue weighted by molar-refractivity contribution is 7.91. The number of likely N-dealkylation sites (N-methyl/N-ethyl adjacent to an activating group) is 1. The van der Waals surface area contributed by atoms with Crippen LogP contribution in [0.4, 0.5) is 0 Å². The Labute approximate surface area is 177 Å². The summed E-state index contributed by atoms with van der Waals surface area (Å²) >= 11 is 0. The molecule has 1 saturated heterocycles. The Kier molecular flexibility index (Phi) is 7.64. The van der Waals surface area contributed by atoms with E-state index in [1.165, 1.54) is 31.0 Å². The molecule has 0 spiro atoms. The van der Waals surface area contributed by atoms with Crippen LogP contribution in [-0.2, 0) is 34.2 Å². The fourth-order valence-corrected chi connectivity index (χ4v) is 6.27. The summed E-state index contributed by atoms with van der Waals surface area (Å²) in [7, 11) is -5.66. The van der Waals surface area contributed by atoms with Crippen molar-refractivity contribution in [1.82, 2.24) is 9.62 Å². The molecular weight excluding hydrogens is 432 g/mol. The van der Waals surface area contributed by atoms with Crippen LogP contribution in [-0.4, -0.2) is 70.4 Å². The van der Waals surface area contributed by atoms with Gasteiger partial charge in [0.2, 0.25) is 10.0 Å². The molecule has 1 heterocycles. The molecule has 9 nitrogen and oxygen atoms in total. The van der Waals surface area contributed by atoms with E-state index in [1.54, 1.807) is 32.0 Å². The van der Waals surface area contributed by atoms with E-state index in [4.69, 9.17) is 4.74 Å². The van der Waals surface area contributed by atoms with Crippen molar-refractivity contribution in [3.8, 4) is 0 Å². The maximum absolute atomic E-state index is 12.6. The van der Waals surface area contributed by atoms with Gasteiger partial charge in [-0.15, -0.1) is 0 Å². The van der Waals surface area contributed by atoms with Crippen LogP contribution in [0, 0.1) is 5.92 Å². The zero-order valence-corrected chi connectivity index (χ0v) is 19.1. The number of amides is 1. The van der Waals surface area contributed by atoms with Gasteiger partial charge in [0, 0.05) is 13.1 Å². The minimum absolute atomic E-state index is 0.00903. The molecule has 0 bridgehead atoms. The van der Waals surface area contributed by atoms with Gasteiger partial charge in [-0.1, -0.05) is 32.0 Å². The van der Waals surface area contributed by atoms with E-state index < -0.39 is 55.8 Å². The molecule has 30 heavy (non-hydrogen) atoms. The van der Waals surface area contributed by atoms with Gasteiger partial charge in [-0.05, 0) is 31.4 Å². The number of rotatable bonds is 8. The first kappa shape index (κ1) is 24.3. The highest BCUT2D eigenvalue weighted by Crippen LogP contribution is 2.18. The molecule has 1 aliphatic heterocycles. The second-order valence-corrected chi connectivity index (χ2v) is 11.7. The lowest BCUT2D eigenvalue weighted by Crippen LogP contribution is -2.49. The fraction of sp³-hybridized carbons (Fsp3) is 0.579. The number of carbonyl (C=O) groups excluding carboxylic acids is 2. The first-order valence-electron chi connectivity index (χ1n) is 9.59. The highest BCUT2D eigenvalue weighted by Gasteiger charge is 2.36. The Hall–Kier alpha value is -1.98. The lowest BCUT2D eigenvalue weighted by Gasteiger charge is -2.28. The number of sulfonamides is 1. The number of hydrogen-bond donors (Lipinski definition) is 1. The first-order chi connectivity index (χ1) is 13.8. The predicted molar refractivity (Wildman–Crippen MR) is 111 cm³/mol. The van der Waals surface area contributed by atoms with Gasteiger partial charge in [-0.3, -0.25) is 9.59 Å². The summed E-state index contributed by atoms with van der Waals surface area (Å²) in [6.07, 6.45) is -0.857. The summed E-state index contributed by atoms with van der Waals surface area (Å²) in [5, 5.41) is 0. The smallest absolute Gasteiger partial charge is 0.325 e. The summed E-state index contributed by atoms with van der Waals surface area (Å²) in [6.45, 7) is 4.69. The summed E-state index contributed by atoms with van der Waals surface area (Å²) in [4.78, 5) is 26.5. The number of carbonyl (C=O) groups is 2. The number of benzene rings is 1. The SMILES string of the molecule is CC(C)[C@H](NS(=O)(=O)c1ccccc1)C(=O)O[C@@H](C)C(=O)N(C)[C@H]1CCS(=O)(=O)C1. The molecular formula is C19H28N2O7S2. The number of nitrogens with zero attached hydrogens (tertiary/aromatic N) is 1. The molecule has 1 N–H and O–H groups in total. The van der Waals surface area contributed by atoms with Crippen LogP contribution in [0.2, 0.25) is 0 Å². The molecule has 3 atom stereocenters. The minimum Gasteiger partial charge on any atom is -0.451 e. The monoisotopic (exact) mass is 460 g/mol.